The number of hydrogen-bond donors (Lipinski definition) is 2. The second-order valence-electron chi connectivity index (χ2n) is 8.65. The number of amides is 1. The first kappa shape index (κ1) is 24.9. The molecule has 0 radical (unpaired) electrons. The molecule has 3 rings (SSSR count). The molecule has 2 aromatic carbocycles. The van der Waals surface area contributed by atoms with Gasteiger partial charge in [-0.1, -0.05) is 50.2 Å². The first-order chi connectivity index (χ1) is 15.8. The van der Waals surface area contributed by atoms with Gasteiger partial charge < -0.3 is 15.5 Å². The number of likely N-dealkylation sites (N-methyl/N-ethyl adjacent to an activating group) is 1. The molecule has 2 N–H and O–H groups in total. The molecule has 0 saturated carbocycles. The van der Waals surface area contributed by atoms with E-state index in [1.165, 1.54) is 0 Å². The van der Waals surface area contributed by atoms with Crippen LogP contribution in [0.4, 0.5) is 0 Å². The van der Waals surface area contributed by atoms with Crippen LogP contribution in [0.15, 0.2) is 58.4 Å². The van der Waals surface area contributed by atoms with E-state index in [2.05, 4.69) is 53.7 Å². The lowest BCUT2D eigenvalue weighted by Crippen LogP contribution is -2.32. The summed E-state index contributed by atoms with van der Waals surface area (Å²) in [7, 11) is -1.65. The largest absolute Gasteiger partial charge is 0.368 e. The van der Waals surface area contributed by atoms with Gasteiger partial charge in [0, 0.05) is 38.7 Å². The molecular weight excluding hydrogens is 436 g/mol. The maximum atomic E-state index is 12.5. The summed E-state index contributed by atoms with van der Waals surface area (Å²) in [6, 6.07) is 15.2. The Morgan fingerprint density at radius 1 is 1.12 bits per heavy atom. The number of rotatable bonds is 11. The Kier molecular flexibility index (Phi) is 8.63. The van der Waals surface area contributed by atoms with Crippen molar-refractivity contribution >= 4 is 21.6 Å². The van der Waals surface area contributed by atoms with Gasteiger partial charge in [0.1, 0.15) is 11.7 Å². The fourth-order valence-corrected chi connectivity index (χ4v) is 4.71. The van der Waals surface area contributed by atoms with Gasteiger partial charge in [0.15, 0.2) is 9.84 Å². The molecular formula is C25H34N4O3S. The highest BCUT2D eigenvalue weighted by molar-refractivity contribution is 7.91. The molecule has 8 heteroatoms. The van der Waals surface area contributed by atoms with Crippen molar-refractivity contribution in [3.8, 4) is 0 Å². The molecule has 0 aromatic heterocycles. The van der Waals surface area contributed by atoms with Gasteiger partial charge in [-0.15, -0.1) is 0 Å². The average Bonchev–Trinajstić information content (AvgIpc) is 3.35. The highest BCUT2D eigenvalue weighted by Gasteiger charge is 2.15. The fourth-order valence-electron chi connectivity index (χ4n) is 3.58. The molecule has 1 heterocycles. The van der Waals surface area contributed by atoms with Gasteiger partial charge in [-0.2, -0.15) is 0 Å². The summed E-state index contributed by atoms with van der Waals surface area (Å²) in [6.07, 6.45) is 1.01. The van der Waals surface area contributed by atoms with Crippen LogP contribution in [0.1, 0.15) is 42.9 Å². The van der Waals surface area contributed by atoms with Crippen molar-refractivity contribution in [3.63, 3.8) is 0 Å². The Hall–Kier alpha value is -2.71. The van der Waals surface area contributed by atoms with Gasteiger partial charge in [0.05, 0.1) is 11.4 Å². The summed E-state index contributed by atoms with van der Waals surface area (Å²) < 4.78 is 25.0. The van der Waals surface area contributed by atoms with E-state index in [0.717, 1.165) is 42.0 Å². The van der Waals surface area contributed by atoms with Gasteiger partial charge in [-0.3, -0.25) is 9.79 Å². The molecule has 7 nitrogen and oxygen atoms in total. The van der Waals surface area contributed by atoms with Crippen molar-refractivity contribution in [1.29, 1.82) is 0 Å². The van der Waals surface area contributed by atoms with Crippen molar-refractivity contribution in [2.75, 3.05) is 39.1 Å². The topological polar surface area (TPSA) is 90.9 Å². The van der Waals surface area contributed by atoms with Gasteiger partial charge >= 0.3 is 0 Å². The second-order valence-corrected chi connectivity index (χ2v) is 10.6. The summed E-state index contributed by atoms with van der Waals surface area (Å²) in [6.45, 7) is 6.76. The Morgan fingerprint density at radius 3 is 2.42 bits per heavy atom. The molecule has 0 aliphatic carbocycles. The molecule has 1 aliphatic heterocycles. The lowest BCUT2D eigenvalue weighted by molar-refractivity contribution is -0.129. The third kappa shape index (κ3) is 7.14. The standard InChI is InChI=1S/C25H34N4O3S/c1-19(2)21-8-10-23(11-9-21)33(31,32)18-26-14-12-24(30)29(3)17-13-20-4-6-22(7-5-20)25-27-15-16-28-25/h4-11,19,26H,12-18H2,1-3H3,(H,27,28). The molecule has 2 aromatic rings. The van der Waals surface area contributed by atoms with E-state index in [1.54, 1.807) is 24.1 Å². The minimum absolute atomic E-state index is 0.0117. The van der Waals surface area contributed by atoms with E-state index >= 15 is 0 Å². The molecule has 0 fully saturated rings. The number of carbonyl (C=O) groups is 1. The summed E-state index contributed by atoms with van der Waals surface area (Å²) in [5, 5.41) is 6.16. The normalized spacial score (nSPS) is 13.6. The van der Waals surface area contributed by atoms with Crippen LogP contribution in [0.25, 0.3) is 0 Å². The Morgan fingerprint density at radius 2 is 1.82 bits per heavy atom. The third-order valence-corrected chi connectivity index (χ3v) is 7.35. The second kappa shape index (κ2) is 11.4. The van der Waals surface area contributed by atoms with Crippen LogP contribution in [0, 0.1) is 0 Å². The first-order valence-electron chi connectivity index (χ1n) is 11.4. The van der Waals surface area contributed by atoms with E-state index in [1.807, 2.05) is 12.1 Å². The maximum Gasteiger partial charge on any atom is 0.223 e. The molecule has 1 aliphatic rings. The van der Waals surface area contributed by atoms with Crippen molar-refractivity contribution in [2.24, 2.45) is 4.99 Å². The van der Waals surface area contributed by atoms with Gasteiger partial charge in [0.25, 0.3) is 0 Å². The number of hydrogen-bond acceptors (Lipinski definition) is 6. The predicted octanol–water partition coefficient (Wildman–Crippen LogP) is 2.57. The number of aliphatic imine (C=N–C) groups is 1. The van der Waals surface area contributed by atoms with Crippen LogP contribution in [0.3, 0.4) is 0 Å². The summed E-state index contributed by atoms with van der Waals surface area (Å²) in [5.41, 5.74) is 3.34. The molecule has 178 valence electrons. The number of carbonyl (C=O) groups excluding carboxylic acids is 1. The summed E-state index contributed by atoms with van der Waals surface area (Å²) in [5.74, 6) is 1.10. The van der Waals surface area contributed by atoms with E-state index < -0.39 is 9.84 Å². The van der Waals surface area contributed by atoms with Crippen LogP contribution < -0.4 is 10.6 Å². The highest BCUT2D eigenvalue weighted by Crippen LogP contribution is 2.17. The van der Waals surface area contributed by atoms with Crippen molar-refractivity contribution < 1.29 is 13.2 Å². The molecule has 0 saturated heterocycles. The highest BCUT2D eigenvalue weighted by atomic mass is 32.2. The third-order valence-electron chi connectivity index (χ3n) is 5.78. The van der Waals surface area contributed by atoms with Gasteiger partial charge in [-0.25, -0.2) is 8.42 Å². The Bertz CT molecular complexity index is 1060. The fraction of sp³-hybridized carbons (Fsp3) is 0.440. The quantitative estimate of drug-likeness (QED) is 0.493. The number of nitrogens with one attached hydrogen (secondary N) is 2. The summed E-state index contributed by atoms with van der Waals surface area (Å²) in [4.78, 5) is 18.8. The number of amidine groups is 1. The minimum atomic E-state index is -3.43. The predicted molar refractivity (Wildman–Crippen MR) is 132 cm³/mol. The minimum Gasteiger partial charge on any atom is -0.368 e. The zero-order valence-electron chi connectivity index (χ0n) is 19.7. The zero-order chi connectivity index (χ0) is 23.8. The van der Waals surface area contributed by atoms with Crippen LogP contribution in [-0.2, 0) is 21.1 Å². The first-order valence-corrected chi connectivity index (χ1v) is 13.1. The lowest BCUT2D eigenvalue weighted by Gasteiger charge is -2.17. The SMILES string of the molecule is CC(C)c1ccc(S(=O)(=O)CNCCC(=O)N(C)CCc2ccc(C3=NCCN3)cc2)cc1. The Labute approximate surface area is 197 Å². The maximum absolute atomic E-state index is 12.5. The van der Waals surface area contributed by atoms with E-state index in [9.17, 15) is 13.2 Å². The van der Waals surface area contributed by atoms with Crippen LogP contribution in [0.5, 0.6) is 0 Å². The Balaban J connectivity index is 1.38. The molecule has 1 amide bonds. The van der Waals surface area contributed by atoms with E-state index in [-0.39, 0.29) is 18.2 Å². The lowest BCUT2D eigenvalue weighted by atomic mass is 10.0. The molecule has 33 heavy (non-hydrogen) atoms. The molecule has 0 unspecified atom stereocenters. The van der Waals surface area contributed by atoms with Crippen molar-refractivity contribution in [1.82, 2.24) is 15.5 Å². The van der Waals surface area contributed by atoms with Crippen LogP contribution in [0.2, 0.25) is 0 Å². The number of benzene rings is 2. The zero-order valence-corrected chi connectivity index (χ0v) is 20.5. The van der Waals surface area contributed by atoms with Gasteiger partial charge in [-0.05, 0) is 35.6 Å². The van der Waals surface area contributed by atoms with Crippen LogP contribution >= 0.6 is 0 Å². The van der Waals surface area contributed by atoms with Crippen molar-refractivity contribution in [3.05, 3.63) is 65.2 Å². The summed E-state index contributed by atoms with van der Waals surface area (Å²) >= 11 is 0. The number of sulfone groups is 1. The van der Waals surface area contributed by atoms with Gasteiger partial charge in [0.2, 0.25) is 5.91 Å². The van der Waals surface area contributed by atoms with E-state index in [4.69, 9.17) is 0 Å². The van der Waals surface area contributed by atoms with E-state index in [0.29, 0.717) is 23.9 Å². The smallest absolute Gasteiger partial charge is 0.223 e. The monoisotopic (exact) mass is 470 g/mol. The van der Waals surface area contributed by atoms with Crippen LogP contribution in [-0.4, -0.2) is 64.2 Å². The molecule has 0 atom stereocenters. The average molecular weight is 471 g/mol. The molecule has 0 bridgehead atoms. The van der Waals surface area contributed by atoms with Crippen molar-refractivity contribution in [2.45, 2.75) is 37.5 Å². The number of nitrogens with zero attached hydrogens (tertiary/aromatic N) is 2. The molecule has 0 spiro atoms.